The first-order valence-corrected chi connectivity index (χ1v) is 8.75. The Kier molecular flexibility index (Phi) is 6.06. The summed E-state index contributed by atoms with van der Waals surface area (Å²) in [6.07, 6.45) is 0.902. The van der Waals surface area contributed by atoms with Gasteiger partial charge in [0.2, 0.25) is 0 Å². The van der Waals surface area contributed by atoms with E-state index in [0.717, 1.165) is 16.9 Å². The molecule has 114 valence electrons. The average molecular weight is 316 g/mol. The van der Waals surface area contributed by atoms with Gasteiger partial charge in [0.25, 0.3) is 0 Å². The number of hydrogen-bond donors (Lipinski definition) is 3. The van der Waals surface area contributed by atoms with Crippen LogP contribution in [0.5, 0.6) is 0 Å². The summed E-state index contributed by atoms with van der Waals surface area (Å²) >= 11 is 0.449. The lowest BCUT2D eigenvalue weighted by molar-refractivity contribution is 0.466. The molecule has 0 radical (unpaired) electrons. The van der Waals surface area contributed by atoms with E-state index in [0.29, 0.717) is 5.92 Å². The maximum Gasteiger partial charge on any atom is 0.136 e. The molecule has 1 aromatic heterocycles. The largest absolute Gasteiger partial charge is 0.598 e. The maximum atomic E-state index is 12.3. The van der Waals surface area contributed by atoms with Gasteiger partial charge in [0.05, 0.1) is 6.04 Å². The Morgan fingerprint density at radius 2 is 2.10 bits per heavy atom. The Hall–Kier alpha value is -0.560. The molecule has 1 aromatic rings. The highest BCUT2D eigenvalue weighted by Gasteiger charge is 2.30. The lowest BCUT2D eigenvalue weighted by Gasteiger charge is -2.28. The van der Waals surface area contributed by atoms with E-state index in [-0.39, 0.29) is 16.6 Å². The molecule has 0 aliphatic rings. The zero-order valence-electron chi connectivity index (χ0n) is 12.8. The second-order valence-corrected chi connectivity index (χ2v) is 9.27. The van der Waals surface area contributed by atoms with E-state index in [1.165, 1.54) is 0 Å². The minimum Gasteiger partial charge on any atom is -0.598 e. The van der Waals surface area contributed by atoms with Gasteiger partial charge in [-0.25, -0.2) is 0 Å². The van der Waals surface area contributed by atoms with Crippen molar-refractivity contribution in [2.45, 2.75) is 51.8 Å². The van der Waals surface area contributed by atoms with Crippen molar-refractivity contribution in [3.63, 3.8) is 0 Å². The molecule has 2 atom stereocenters. The van der Waals surface area contributed by atoms with Gasteiger partial charge in [0.1, 0.15) is 10.6 Å². The number of nitrogens with one attached hydrogen (secondary N) is 2. The van der Waals surface area contributed by atoms with Crippen LogP contribution in [0.25, 0.3) is 0 Å². The fraction of sp³-hybridized carbons (Fsp3) is 0.643. The monoisotopic (exact) mass is 315 g/mol. The van der Waals surface area contributed by atoms with Gasteiger partial charge in [-0.2, -0.15) is 0 Å². The van der Waals surface area contributed by atoms with Crippen LogP contribution in [0.2, 0.25) is 0 Å². The van der Waals surface area contributed by atoms with E-state index in [9.17, 15) is 4.55 Å². The summed E-state index contributed by atoms with van der Waals surface area (Å²) in [6.45, 7) is 10.2. The van der Waals surface area contributed by atoms with Crippen molar-refractivity contribution in [1.82, 2.24) is 4.72 Å². The SMILES string of the molecule is CC(C)C[C@H](N[S@@+]([O-])C(C)(C)C)c1cc(C(=N)N)cs1. The predicted molar refractivity (Wildman–Crippen MR) is 88.6 cm³/mol. The summed E-state index contributed by atoms with van der Waals surface area (Å²) in [7, 11) is 0. The first kappa shape index (κ1) is 17.5. The zero-order chi connectivity index (χ0) is 15.5. The van der Waals surface area contributed by atoms with Gasteiger partial charge in [-0.1, -0.05) is 13.8 Å². The predicted octanol–water partition coefficient (Wildman–Crippen LogP) is 3.17. The molecule has 0 fully saturated rings. The van der Waals surface area contributed by atoms with Gasteiger partial charge >= 0.3 is 0 Å². The molecule has 0 saturated carbocycles. The average Bonchev–Trinajstić information content (AvgIpc) is 2.75. The molecule has 0 bridgehead atoms. The van der Waals surface area contributed by atoms with Crippen molar-refractivity contribution >= 4 is 28.5 Å². The van der Waals surface area contributed by atoms with E-state index in [4.69, 9.17) is 11.1 Å². The van der Waals surface area contributed by atoms with Crippen molar-refractivity contribution in [2.24, 2.45) is 11.7 Å². The smallest absolute Gasteiger partial charge is 0.136 e. The summed E-state index contributed by atoms with van der Waals surface area (Å²) in [5.41, 5.74) is 6.25. The zero-order valence-corrected chi connectivity index (χ0v) is 14.5. The molecule has 1 rings (SSSR count). The van der Waals surface area contributed by atoms with E-state index in [1.54, 1.807) is 11.3 Å². The Bertz CT molecular complexity index is 452. The molecular weight excluding hydrogens is 290 g/mol. The van der Waals surface area contributed by atoms with Crippen molar-refractivity contribution in [1.29, 1.82) is 5.41 Å². The third-order valence-electron chi connectivity index (χ3n) is 2.79. The minimum absolute atomic E-state index is 0.0353. The number of thiophene rings is 1. The Labute approximate surface area is 129 Å². The lowest BCUT2D eigenvalue weighted by Crippen LogP contribution is -2.41. The van der Waals surface area contributed by atoms with Crippen molar-refractivity contribution in [3.05, 3.63) is 21.9 Å². The molecule has 4 nitrogen and oxygen atoms in total. The number of nitrogens with two attached hydrogens (primary N) is 1. The summed E-state index contributed by atoms with van der Waals surface area (Å²) < 4.78 is 15.2. The molecule has 0 saturated heterocycles. The standard InChI is InChI=1S/C14H25N3OS2/c1-9(2)6-11(17-20(18)14(3,4)5)12-7-10(8-19-12)13(15)16/h7-9,11,17H,6H2,1-5H3,(H3,15,16)/t11-,20-/m0/s1. The van der Waals surface area contributed by atoms with E-state index >= 15 is 0 Å². The van der Waals surface area contributed by atoms with Gasteiger partial charge in [-0.05, 0) is 39.2 Å². The van der Waals surface area contributed by atoms with Crippen molar-refractivity contribution in [2.75, 3.05) is 0 Å². The molecule has 0 amide bonds. The quantitative estimate of drug-likeness (QED) is 0.428. The lowest BCUT2D eigenvalue weighted by atomic mass is 10.0. The summed E-state index contributed by atoms with van der Waals surface area (Å²) in [5.74, 6) is 0.570. The fourth-order valence-corrected chi connectivity index (χ4v) is 3.56. The third-order valence-corrected chi connectivity index (χ3v) is 5.44. The van der Waals surface area contributed by atoms with Crippen LogP contribution in [0, 0.1) is 11.3 Å². The van der Waals surface area contributed by atoms with Crippen molar-refractivity contribution < 1.29 is 4.55 Å². The minimum atomic E-state index is -1.11. The van der Waals surface area contributed by atoms with Crippen LogP contribution >= 0.6 is 11.3 Å². The second kappa shape index (κ2) is 6.93. The van der Waals surface area contributed by atoms with Crippen LogP contribution in [0.4, 0.5) is 0 Å². The van der Waals surface area contributed by atoms with Crippen LogP contribution in [-0.4, -0.2) is 15.1 Å². The third kappa shape index (κ3) is 5.09. The number of amidine groups is 1. The molecule has 0 unspecified atom stereocenters. The Balaban J connectivity index is 2.90. The second-order valence-electron chi connectivity index (χ2n) is 6.33. The molecule has 6 heteroatoms. The fourth-order valence-electron chi connectivity index (χ4n) is 1.68. The Morgan fingerprint density at radius 1 is 1.50 bits per heavy atom. The highest BCUT2D eigenvalue weighted by molar-refractivity contribution is 7.90. The van der Waals surface area contributed by atoms with Gasteiger partial charge in [0.15, 0.2) is 0 Å². The topological polar surface area (TPSA) is 85.0 Å². The van der Waals surface area contributed by atoms with Gasteiger partial charge < -0.3 is 10.3 Å². The normalized spacial score (nSPS) is 15.3. The van der Waals surface area contributed by atoms with Crippen LogP contribution in [-0.2, 0) is 11.4 Å². The van der Waals surface area contributed by atoms with Crippen LogP contribution in [0.3, 0.4) is 0 Å². The van der Waals surface area contributed by atoms with Gasteiger partial charge in [0, 0.05) is 27.2 Å². The van der Waals surface area contributed by atoms with Gasteiger partial charge in [-0.15, -0.1) is 16.1 Å². The Morgan fingerprint density at radius 3 is 2.50 bits per heavy atom. The number of hydrogen-bond acceptors (Lipinski definition) is 4. The molecule has 4 N–H and O–H groups in total. The molecule has 0 aliphatic carbocycles. The van der Waals surface area contributed by atoms with E-state index < -0.39 is 11.4 Å². The first-order chi connectivity index (χ1) is 9.11. The van der Waals surface area contributed by atoms with E-state index in [2.05, 4.69) is 18.6 Å². The summed E-state index contributed by atoms with van der Waals surface area (Å²) in [6, 6.07) is 1.96. The van der Waals surface area contributed by atoms with Crippen molar-refractivity contribution in [3.8, 4) is 0 Å². The number of nitrogen functional groups attached to an aromatic ring is 1. The molecule has 0 aliphatic heterocycles. The van der Waals surface area contributed by atoms with Crippen LogP contribution in [0.1, 0.15) is 57.5 Å². The molecule has 1 heterocycles. The molecule has 0 aromatic carbocycles. The molecular formula is C14H25N3OS2. The molecule has 0 spiro atoms. The highest BCUT2D eigenvalue weighted by Crippen LogP contribution is 2.29. The maximum absolute atomic E-state index is 12.3. The van der Waals surface area contributed by atoms with Crippen LogP contribution < -0.4 is 10.5 Å². The van der Waals surface area contributed by atoms with E-state index in [1.807, 2.05) is 32.2 Å². The molecule has 20 heavy (non-hydrogen) atoms. The van der Waals surface area contributed by atoms with Crippen LogP contribution in [0.15, 0.2) is 11.4 Å². The van der Waals surface area contributed by atoms with Gasteiger partial charge in [-0.3, -0.25) is 5.41 Å². The summed E-state index contributed by atoms with van der Waals surface area (Å²) in [5, 5.41) is 9.36. The highest BCUT2D eigenvalue weighted by atomic mass is 32.2. The summed E-state index contributed by atoms with van der Waals surface area (Å²) in [4.78, 5) is 1.08. The number of rotatable bonds is 6. The first-order valence-electron chi connectivity index (χ1n) is 6.72.